The van der Waals surface area contributed by atoms with E-state index in [1.54, 1.807) is 0 Å². The quantitative estimate of drug-likeness (QED) is 0.745. The van der Waals surface area contributed by atoms with Gasteiger partial charge in [-0.2, -0.15) is 26.7 Å². The highest BCUT2D eigenvalue weighted by Gasteiger charge is 2.17. The van der Waals surface area contributed by atoms with Crippen LogP contribution in [-0.2, 0) is 0 Å². The van der Waals surface area contributed by atoms with E-state index < -0.39 is 0 Å². The van der Waals surface area contributed by atoms with E-state index in [9.17, 15) is 0 Å². The molecular formula is C13H24N6S. The van der Waals surface area contributed by atoms with Crippen molar-refractivity contribution >= 4 is 29.6 Å². The normalized spacial score (nSPS) is 16.4. The Kier molecular flexibility index (Phi) is 5.70. The molecule has 0 amide bonds. The van der Waals surface area contributed by atoms with Crippen molar-refractivity contribution in [1.29, 1.82) is 0 Å². The number of nitrogens with zero attached hydrogens (tertiary/aromatic N) is 4. The van der Waals surface area contributed by atoms with Gasteiger partial charge < -0.3 is 16.0 Å². The first kappa shape index (κ1) is 15.2. The van der Waals surface area contributed by atoms with E-state index in [4.69, 9.17) is 5.73 Å². The summed E-state index contributed by atoms with van der Waals surface area (Å²) < 4.78 is 0. The van der Waals surface area contributed by atoms with E-state index in [2.05, 4.69) is 39.0 Å². The molecule has 0 spiro atoms. The van der Waals surface area contributed by atoms with Gasteiger partial charge in [0.1, 0.15) is 0 Å². The van der Waals surface area contributed by atoms with Gasteiger partial charge >= 0.3 is 0 Å². The molecule has 20 heavy (non-hydrogen) atoms. The van der Waals surface area contributed by atoms with E-state index in [-0.39, 0.29) is 0 Å². The summed E-state index contributed by atoms with van der Waals surface area (Å²) in [5.74, 6) is 3.88. The van der Waals surface area contributed by atoms with E-state index in [1.807, 2.05) is 11.8 Å². The zero-order chi connectivity index (χ0) is 14.4. The molecule has 1 aliphatic rings. The van der Waals surface area contributed by atoms with Crippen LogP contribution in [0.1, 0.15) is 33.1 Å². The molecule has 0 radical (unpaired) electrons. The fourth-order valence-corrected chi connectivity index (χ4v) is 3.01. The smallest absolute Gasteiger partial charge is 0.231 e. The van der Waals surface area contributed by atoms with Crippen molar-refractivity contribution in [3.63, 3.8) is 0 Å². The average molecular weight is 296 g/mol. The number of thioether (sulfide) groups is 1. The van der Waals surface area contributed by atoms with E-state index in [1.165, 1.54) is 12.8 Å². The van der Waals surface area contributed by atoms with Gasteiger partial charge in [-0.25, -0.2) is 0 Å². The lowest BCUT2D eigenvalue weighted by Gasteiger charge is -2.18. The van der Waals surface area contributed by atoms with E-state index >= 15 is 0 Å². The van der Waals surface area contributed by atoms with Crippen LogP contribution in [0, 0.1) is 0 Å². The summed E-state index contributed by atoms with van der Waals surface area (Å²) in [4.78, 5) is 15.1. The molecule has 1 aliphatic heterocycles. The van der Waals surface area contributed by atoms with Gasteiger partial charge in [0.05, 0.1) is 0 Å². The maximum atomic E-state index is 5.79. The Labute approximate surface area is 125 Å². The number of hydrogen-bond donors (Lipinski definition) is 2. The fraction of sp³-hybridized carbons (Fsp3) is 0.769. The van der Waals surface area contributed by atoms with E-state index in [0.29, 0.717) is 23.9 Å². The number of nitrogens with one attached hydrogen (secondary N) is 1. The first-order valence-corrected chi connectivity index (χ1v) is 8.45. The summed E-state index contributed by atoms with van der Waals surface area (Å²) in [6.07, 6.45) is 3.47. The minimum absolute atomic E-state index is 0.291. The maximum absolute atomic E-state index is 5.79. The second-order valence-corrected chi connectivity index (χ2v) is 6.44. The van der Waals surface area contributed by atoms with Crippen molar-refractivity contribution in [2.24, 2.45) is 0 Å². The number of rotatable bonds is 7. The third kappa shape index (κ3) is 4.40. The highest BCUT2D eigenvalue weighted by Crippen LogP contribution is 2.18. The number of nitrogens with two attached hydrogens (primary N) is 1. The number of nitrogen functional groups attached to an aromatic ring is 1. The van der Waals surface area contributed by atoms with Crippen LogP contribution in [0.3, 0.4) is 0 Å². The van der Waals surface area contributed by atoms with Crippen molar-refractivity contribution in [2.45, 2.75) is 39.2 Å². The molecule has 0 bridgehead atoms. The van der Waals surface area contributed by atoms with E-state index in [0.717, 1.165) is 31.0 Å². The Hall–Kier alpha value is -1.24. The molecule has 0 saturated carbocycles. The van der Waals surface area contributed by atoms with Crippen LogP contribution < -0.4 is 16.0 Å². The SMILES string of the molecule is CCSCCC(C)Nc1nc(N)nc(N2CCCC2)n1. The Balaban J connectivity index is 1.96. The lowest BCUT2D eigenvalue weighted by Crippen LogP contribution is -2.24. The predicted molar refractivity (Wildman–Crippen MR) is 86.4 cm³/mol. The first-order valence-electron chi connectivity index (χ1n) is 7.30. The van der Waals surface area contributed by atoms with Gasteiger partial charge in [0.2, 0.25) is 17.8 Å². The van der Waals surface area contributed by atoms with Crippen LogP contribution in [0.4, 0.5) is 17.8 Å². The number of aromatic nitrogens is 3. The number of hydrogen-bond acceptors (Lipinski definition) is 7. The van der Waals surface area contributed by atoms with Crippen LogP contribution in [0.15, 0.2) is 0 Å². The number of anilines is 3. The van der Waals surface area contributed by atoms with Gasteiger partial charge in [0.25, 0.3) is 0 Å². The molecule has 3 N–H and O–H groups in total. The monoisotopic (exact) mass is 296 g/mol. The standard InChI is InChI=1S/C13H24N6S/c1-3-20-9-6-10(2)15-12-16-11(14)17-13(18-12)19-7-4-5-8-19/h10H,3-9H2,1-2H3,(H3,14,15,16,17,18). The van der Waals surface area contributed by atoms with Crippen molar-refractivity contribution in [3.05, 3.63) is 0 Å². The summed E-state index contributed by atoms with van der Waals surface area (Å²) in [6.45, 7) is 6.33. The largest absolute Gasteiger partial charge is 0.368 e. The Bertz CT molecular complexity index is 421. The van der Waals surface area contributed by atoms with Crippen LogP contribution in [0.2, 0.25) is 0 Å². The van der Waals surface area contributed by atoms with Gasteiger partial charge in [0.15, 0.2) is 0 Å². The zero-order valence-electron chi connectivity index (χ0n) is 12.3. The van der Waals surface area contributed by atoms with Crippen LogP contribution in [0.5, 0.6) is 0 Å². The molecule has 2 rings (SSSR count). The molecule has 1 atom stereocenters. The molecule has 1 fully saturated rings. The van der Waals surface area contributed by atoms with Gasteiger partial charge in [0, 0.05) is 19.1 Å². The molecule has 1 aromatic heterocycles. The minimum Gasteiger partial charge on any atom is -0.368 e. The van der Waals surface area contributed by atoms with Crippen LogP contribution in [-0.4, -0.2) is 45.6 Å². The Morgan fingerprint density at radius 2 is 2.05 bits per heavy atom. The molecule has 1 unspecified atom stereocenters. The van der Waals surface area contributed by atoms with Crippen molar-refractivity contribution in [1.82, 2.24) is 15.0 Å². The van der Waals surface area contributed by atoms with Gasteiger partial charge in [-0.1, -0.05) is 6.92 Å². The second kappa shape index (κ2) is 7.52. The highest BCUT2D eigenvalue weighted by molar-refractivity contribution is 7.99. The molecular weight excluding hydrogens is 272 g/mol. The molecule has 6 nitrogen and oxygen atoms in total. The lowest BCUT2D eigenvalue weighted by atomic mass is 10.3. The van der Waals surface area contributed by atoms with Crippen LogP contribution in [0.25, 0.3) is 0 Å². The first-order chi connectivity index (χ1) is 9.69. The van der Waals surface area contributed by atoms with Gasteiger partial charge in [-0.05, 0) is 37.7 Å². The summed E-state index contributed by atoms with van der Waals surface area (Å²) in [7, 11) is 0. The molecule has 0 aromatic carbocycles. The summed E-state index contributed by atoms with van der Waals surface area (Å²) in [6, 6.07) is 0.335. The maximum Gasteiger partial charge on any atom is 0.231 e. The third-order valence-corrected chi connectivity index (χ3v) is 4.24. The topological polar surface area (TPSA) is 80.0 Å². The molecule has 0 aliphatic carbocycles. The fourth-order valence-electron chi connectivity index (χ4n) is 2.20. The molecule has 1 aromatic rings. The Morgan fingerprint density at radius 1 is 1.30 bits per heavy atom. The molecule has 1 saturated heterocycles. The average Bonchev–Trinajstić information content (AvgIpc) is 2.92. The van der Waals surface area contributed by atoms with Crippen molar-refractivity contribution in [3.8, 4) is 0 Å². The Morgan fingerprint density at radius 3 is 2.75 bits per heavy atom. The minimum atomic E-state index is 0.291. The molecule has 112 valence electrons. The third-order valence-electron chi connectivity index (χ3n) is 3.30. The summed E-state index contributed by atoms with van der Waals surface area (Å²) in [5.41, 5.74) is 5.79. The second-order valence-electron chi connectivity index (χ2n) is 5.04. The van der Waals surface area contributed by atoms with Gasteiger partial charge in [-0.15, -0.1) is 0 Å². The highest BCUT2D eigenvalue weighted by atomic mass is 32.2. The predicted octanol–water partition coefficient (Wildman–Crippen LogP) is 2.00. The van der Waals surface area contributed by atoms with Crippen LogP contribution >= 0.6 is 11.8 Å². The molecule has 2 heterocycles. The summed E-state index contributed by atoms with van der Waals surface area (Å²) in [5, 5.41) is 3.32. The van der Waals surface area contributed by atoms with Crippen molar-refractivity contribution < 1.29 is 0 Å². The lowest BCUT2D eigenvalue weighted by molar-refractivity contribution is 0.755. The van der Waals surface area contributed by atoms with Crippen molar-refractivity contribution in [2.75, 3.05) is 40.5 Å². The van der Waals surface area contributed by atoms with Gasteiger partial charge in [-0.3, -0.25) is 0 Å². The molecule has 7 heteroatoms. The summed E-state index contributed by atoms with van der Waals surface area (Å²) >= 11 is 1.95. The zero-order valence-corrected chi connectivity index (χ0v) is 13.1.